The summed E-state index contributed by atoms with van der Waals surface area (Å²) in [5.41, 5.74) is 2.39. The normalized spacial score (nSPS) is 13.1. The van der Waals surface area contributed by atoms with Crippen LogP contribution in [0.3, 0.4) is 0 Å². The van der Waals surface area contributed by atoms with Crippen LogP contribution in [-0.2, 0) is 11.2 Å². The topological polar surface area (TPSA) is 38.3 Å². The summed E-state index contributed by atoms with van der Waals surface area (Å²) in [4.78, 5) is 10.8. The maximum atomic E-state index is 10.8. The molecule has 86 valence electrons. The zero-order valence-corrected chi connectivity index (χ0v) is 9.58. The van der Waals surface area contributed by atoms with Crippen molar-refractivity contribution in [3.8, 4) is 5.75 Å². The van der Waals surface area contributed by atoms with E-state index >= 15 is 0 Å². The van der Waals surface area contributed by atoms with Gasteiger partial charge in [0, 0.05) is 25.1 Å². The molecule has 1 heterocycles. The first-order chi connectivity index (χ1) is 7.75. The van der Waals surface area contributed by atoms with Crippen molar-refractivity contribution in [3.05, 3.63) is 23.8 Å². The molecule has 3 nitrogen and oxygen atoms in total. The molecule has 0 aromatic heterocycles. The largest absolute Gasteiger partial charge is 0.493 e. The summed E-state index contributed by atoms with van der Waals surface area (Å²) in [6, 6.07) is 6.17. The molecular weight excluding hydrogens is 202 g/mol. The maximum Gasteiger partial charge on any atom is 0.129 e. The molecule has 0 unspecified atom stereocenters. The minimum Gasteiger partial charge on any atom is -0.493 e. The molecule has 1 N–H and O–H groups in total. The Kier molecular flexibility index (Phi) is 3.44. The lowest BCUT2D eigenvalue weighted by atomic mass is 10.1. The standard InChI is InChI=1S/C13H17NO2/c1-10(15)3-2-7-14-12-4-5-13-11(9-12)6-8-16-13/h4-5,9,14H,2-3,6-8H2,1H3. The second-order valence-electron chi connectivity index (χ2n) is 4.15. The Morgan fingerprint density at radius 1 is 1.50 bits per heavy atom. The molecule has 0 saturated heterocycles. The quantitative estimate of drug-likeness (QED) is 0.773. The van der Waals surface area contributed by atoms with E-state index in [1.54, 1.807) is 6.92 Å². The number of benzene rings is 1. The predicted octanol–water partition coefficient (Wildman–Crippen LogP) is 2.40. The summed E-state index contributed by atoms with van der Waals surface area (Å²) in [6.45, 7) is 3.27. The molecule has 0 saturated carbocycles. The van der Waals surface area contributed by atoms with Crippen LogP contribution in [0.4, 0.5) is 5.69 Å². The van der Waals surface area contributed by atoms with Crippen molar-refractivity contribution in [1.29, 1.82) is 0 Å². The van der Waals surface area contributed by atoms with E-state index in [0.29, 0.717) is 6.42 Å². The zero-order chi connectivity index (χ0) is 11.4. The average Bonchev–Trinajstić information content (AvgIpc) is 2.71. The molecule has 3 heteroatoms. The summed E-state index contributed by atoms with van der Waals surface area (Å²) in [7, 11) is 0. The number of anilines is 1. The lowest BCUT2D eigenvalue weighted by Crippen LogP contribution is -2.03. The van der Waals surface area contributed by atoms with Crippen molar-refractivity contribution in [2.24, 2.45) is 0 Å². The molecular formula is C13H17NO2. The van der Waals surface area contributed by atoms with Gasteiger partial charge in [0.1, 0.15) is 11.5 Å². The number of rotatable bonds is 5. The highest BCUT2D eigenvalue weighted by Gasteiger charge is 2.11. The first kappa shape index (κ1) is 11.0. The summed E-state index contributed by atoms with van der Waals surface area (Å²) in [6.07, 6.45) is 2.54. The Hall–Kier alpha value is -1.51. The fourth-order valence-electron chi connectivity index (χ4n) is 1.87. The van der Waals surface area contributed by atoms with E-state index in [0.717, 1.165) is 37.4 Å². The van der Waals surface area contributed by atoms with Crippen LogP contribution in [0.5, 0.6) is 5.75 Å². The minimum absolute atomic E-state index is 0.254. The SMILES string of the molecule is CC(=O)CCCNc1ccc2c(c1)CCO2. The van der Waals surface area contributed by atoms with Crippen LogP contribution in [0.2, 0.25) is 0 Å². The van der Waals surface area contributed by atoms with Gasteiger partial charge in [-0.05, 0) is 37.1 Å². The highest BCUT2D eigenvalue weighted by molar-refractivity contribution is 5.75. The molecule has 1 aromatic carbocycles. The number of hydrogen-bond acceptors (Lipinski definition) is 3. The zero-order valence-electron chi connectivity index (χ0n) is 9.58. The third-order valence-electron chi connectivity index (χ3n) is 2.72. The number of hydrogen-bond donors (Lipinski definition) is 1. The first-order valence-corrected chi connectivity index (χ1v) is 5.75. The summed E-state index contributed by atoms with van der Waals surface area (Å²) >= 11 is 0. The smallest absolute Gasteiger partial charge is 0.129 e. The van der Waals surface area contributed by atoms with Crippen LogP contribution in [-0.4, -0.2) is 18.9 Å². The van der Waals surface area contributed by atoms with Gasteiger partial charge in [0.2, 0.25) is 0 Å². The average molecular weight is 219 g/mol. The van der Waals surface area contributed by atoms with Crippen LogP contribution in [0.15, 0.2) is 18.2 Å². The molecule has 0 radical (unpaired) electrons. The van der Waals surface area contributed by atoms with Crippen LogP contribution >= 0.6 is 0 Å². The van der Waals surface area contributed by atoms with Crippen molar-refractivity contribution in [1.82, 2.24) is 0 Å². The Labute approximate surface area is 95.8 Å². The van der Waals surface area contributed by atoms with Crippen molar-refractivity contribution in [2.75, 3.05) is 18.5 Å². The van der Waals surface area contributed by atoms with E-state index in [1.165, 1.54) is 5.56 Å². The highest BCUT2D eigenvalue weighted by Crippen LogP contribution is 2.27. The van der Waals surface area contributed by atoms with E-state index in [2.05, 4.69) is 11.4 Å². The fraction of sp³-hybridized carbons (Fsp3) is 0.462. The monoisotopic (exact) mass is 219 g/mol. The van der Waals surface area contributed by atoms with E-state index in [-0.39, 0.29) is 5.78 Å². The highest BCUT2D eigenvalue weighted by atomic mass is 16.5. The molecule has 1 aliphatic rings. The van der Waals surface area contributed by atoms with Gasteiger partial charge in [0.05, 0.1) is 6.61 Å². The van der Waals surface area contributed by atoms with Crippen molar-refractivity contribution in [2.45, 2.75) is 26.2 Å². The third-order valence-corrected chi connectivity index (χ3v) is 2.72. The number of ketones is 1. The Bertz CT molecular complexity index is 388. The molecule has 0 fully saturated rings. The number of carbonyl (C=O) groups excluding carboxylic acids is 1. The first-order valence-electron chi connectivity index (χ1n) is 5.75. The minimum atomic E-state index is 0.254. The number of nitrogens with one attached hydrogen (secondary N) is 1. The number of Topliss-reactive ketones (excluding diaryl/α,β-unsaturated/α-hetero) is 1. The van der Waals surface area contributed by atoms with Crippen molar-refractivity contribution in [3.63, 3.8) is 0 Å². The summed E-state index contributed by atoms with van der Waals surface area (Å²) < 4.78 is 5.44. The molecule has 16 heavy (non-hydrogen) atoms. The Morgan fingerprint density at radius 3 is 3.19 bits per heavy atom. The van der Waals surface area contributed by atoms with Crippen molar-refractivity contribution >= 4 is 11.5 Å². The lowest BCUT2D eigenvalue weighted by Gasteiger charge is -2.07. The second kappa shape index (κ2) is 5.01. The summed E-state index contributed by atoms with van der Waals surface area (Å²) in [5, 5.41) is 3.32. The molecule has 1 aliphatic heterocycles. The predicted molar refractivity (Wildman–Crippen MR) is 64.0 cm³/mol. The van der Waals surface area contributed by atoms with Gasteiger partial charge in [-0.1, -0.05) is 0 Å². The molecule has 0 bridgehead atoms. The number of ether oxygens (including phenoxy) is 1. The van der Waals surface area contributed by atoms with Crippen molar-refractivity contribution < 1.29 is 9.53 Å². The van der Waals surface area contributed by atoms with Crippen LogP contribution in [0, 0.1) is 0 Å². The Balaban J connectivity index is 1.83. The summed E-state index contributed by atoms with van der Waals surface area (Å²) in [5.74, 6) is 1.26. The van der Waals surface area contributed by atoms with Gasteiger partial charge in [-0.15, -0.1) is 0 Å². The second-order valence-corrected chi connectivity index (χ2v) is 4.15. The van der Waals surface area contributed by atoms with Gasteiger partial charge >= 0.3 is 0 Å². The van der Waals surface area contributed by atoms with Gasteiger partial charge < -0.3 is 14.8 Å². The van der Waals surface area contributed by atoms with Crippen LogP contribution in [0.25, 0.3) is 0 Å². The van der Waals surface area contributed by atoms with Gasteiger partial charge in [-0.3, -0.25) is 0 Å². The van der Waals surface area contributed by atoms with E-state index < -0.39 is 0 Å². The molecule has 0 aliphatic carbocycles. The van der Waals surface area contributed by atoms with Gasteiger partial charge in [-0.2, -0.15) is 0 Å². The van der Waals surface area contributed by atoms with Crippen LogP contribution in [0.1, 0.15) is 25.3 Å². The third kappa shape index (κ3) is 2.75. The van der Waals surface area contributed by atoms with Gasteiger partial charge in [-0.25, -0.2) is 0 Å². The molecule has 0 spiro atoms. The van der Waals surface area contributed by atoms with E-state index in [4.69, 9.17) is 4.74 Å². The lowest BCUT2D eigenvalue weighted by molar-refractivity contribution is -0.117. The number of carbonyl (C=O) groups is 1. The number of fused-ring (bicyclic) bond motifs is 1. The van der Waals surface area contributed by atoms with Gasteiger partial charge in [0.25, 0.3) is 0 Å². The molecule has 0 atom stereocenters. The van der Waals surface area contributed by atoms with E-state index in [9.17, 15) is 4.79 Å². The maximum absolute atomic E-state index is 10.8. The fourth-order valence-corrected chi connectivity index (χ4v) is 1.87. The molecule has 2 rings (SSSR count). The van der Waals surface area contributed by atoms with E-state index in [1.807, 2.05) is 12.1 Å². The molecule has 1 aromatic rings. The molecule has 0 amide bonds. The Morgan fingerprint density at radius 2 is 2.38 bits per heavy atom. The van der Waals surface area contributed by atoms with Crippen LogP contribution < -0.4 is 10.1 Å². The van der Waals surface area contributed by atoms with Gasteiger partial charge in [0.15, 0.2) is 0 Å².